The van der Waals surface area contributed by atoms with Crippen molar-refractivity contribution in [1.29, 1.82) is 0 Å². The lowest BCUT2D eigenvalue weighted by atomic mass is 10.1. The zero-order valence-corrected chi connectivity index (χ0v) is 14.0. The maximum Gasteiger partial charge on any atom is 0.490 e. The Morgan fingerprint density at radius 1 is 1.07 bits per heavy atom. The number of aromatic amines is 1. The first-order valence-electron chi connectivity index (χ1n) is 8.05. The molecule has 0 spiro atoms. The summed E-state index contributed by atoms with van der Waals surface area (Å²) >= 11 is 0. The van der Waals surface area contributed by atoms with Crippen molar-refractivity contribution >= 4 is 22.4 Å². The van der Waals surface area contributed by atoms with E-state index >= 15 is 0 Å². The summed E-state index contributed by atoms with van der Waals surface area (Å²) in [7, 11) is 0. The van der Waals surface area contributed by atoms with Crippen LogP contribution in [0.3, 0.4) is 0 Å². The SMILES string of the molecule is O=C(OCCNc1ccc2cc(-c3ccccc3)[nH]c(=O)c2c1)C(F)(F)F. The number of esters is 1. The molecule has 140 valence electrons. The summed E-state index contributed by atoms with van der Waals surface area (Å²) in [5, 5.41) is 3.99. The maximum absolute atomic E-state index is 12.4. The predicted molar refractivity (Wildman–Crippen MR) is 95.5 cm³/mol. The Bertz CT molecular complexity index is 1010. The van der Waals surface area contributed by atoms with Crippen molar-refractivity contribution in [3.05, 3.63) is 65.0 Å². The summed E-state index contributed by atoms with van der Waals surface area (Å²) in [5.74, 6) is -2.23. The fourth-order valence-corrected chi connectivity index (χ4v) is 2.56. The Morgan fingerprint density at radius 2 is 1.81 bits per heavy atom. The second-order valence-corrected chi connectivity index (χ2v) is 5.74. The number of carbonyl (C=O) groups excluding carboxylic acids is 1. The molecule has 0 saturated heterocycles. The molecular weight excluding hydrogens is 361 g/mol. The molecule has 5 nitrogen and oxygen atoms in total. The van der Waals surface area contributed by atoms with E-state index in [9.17, 15) is 22.8 Å². The average Bonchev–Trinajstić information content (AvgIpc) is 2.65. The van der Waals surface area contributed by atoms with Crippen molar-refractivity contribution in [2.24, 2.45) is 0 Å². The predicted octanol–water partition coefficient (Wildman–Crippen LogP) is 3.71. The lowest BCUT2D eigenvalue weighted by Gasteiger charge is -2.10. The normalized spacial score (nSPS) is 11.4. The van der Waals surface area contributed by atoms with Crippen LogP contribution in [0.1, 0.15) is 0 Å². The average molecular weight is 376 g/mol. The summed E-state index contributed by atoms with van der Waals surface area (Å²) in [6.07, 6.45) is -5.01. The highest BCUT2D eigenvalue weighted by Gasteiger charge is 2.40. The molecule has 0 unspecified atom stereocenters. The fraction of sp³-hybridized carbons (Fsp3) is 0.158. The van der Waals surface area contributed by atoms with Crippen molar-refractivity contribution in [2.75, 3.05) is 18.5 Å². The number of H-pyrrole nitrogens is 1. The van der Waals surface area contributed by atoms with Gasteiger partial charge in [-0.25, -0.2) is 4.79 Å². The van der Waals surface area contributed by atoms with Crippen LogP contribution in [-0.2, 0) is 9.53 Å². The van der Waals surface area contributed by atoms with Crippen LogP contribution in [0.2, 0.25) is 0 Å². The standard InChI is InChI=1S/C19H15F3N2O3/c20-19(21,22)18(26)27-9-8-23-14-7-6-13-10-16(12-4-2-1-3-5-12)24-17(25)15(13)11-14/h1-7,10-11,23H,8-9H2,(H,24,25). The number of rotatable bonds is 5. The number of aromatic nitrogens is 1. The van der Waals surface area contributed by atoms with Crippen LogP contribution in [-0.4, -0.2) is 30.3 Å². The Hall–Kier alpha value is -3.29. The molecule has 1 heterocycles. The molecule has 2 aromatic carbocycles. The van der Waals surface area contributed by atoms with Crippen molar-refractivity contribution < 1.29 is 22.7 Å². The third-order valence-electron chi connectivity index (χ3n) is 3.83. The molecular formula is C19H15F3N2O3. The van der Waals surface area contributed by atoms with Crippen molar-refractivity contribution in [3.8, 4) is 11.3 Å². The van der Waals surface area contributed by atoms with Crippen LogP contribution in [0.25, 0.3) is 22.0 Å². The number of halogens is 3. The van der Waals surface area contributed by atoms with Crippen molar-refractivity contribution in [2.45, 2.75) is 6.18 Å². The molecule has 0 radical (unpaired) electrons. The number of fused-ring (bicyclic) bond motifs is 1. The summed E-state index contributed by atoms with van der Waals surface area (Å²) in [6, 6.07) is 16.3. The van der Waals surface area contributed by atoms with E-state index in [-0.39, 0.29) is 12.1 Å². The Kier molecular flexibility index (Phi) is 5.16. The van der Waals surface area contributed by atoms with Crippen molar-refractivity contribution in [1.82, 2.24) is 4.98 Å². The third-order valence-corrected chi connectivity index (χ3v) is 3.83. The molecule has 0 aliphatic carbocycles. The molecule has 0 atom stereocenters. The van der Waals surface area contributed by atoms with E-state index in [0.717, 1.165) is 10.9 Å². The second-order valence-electron chi connectivity index (χ2n) is 5.74. The molecule has 0 aliphatic rings. The maximum atomic E-state index is 12.4. The number of ether oxygens (including phenoxy) is 1. The van der Waals surface area contributed by atoms with E-state index < -0.39 is 18.8 Å². The van der Waals surface area contributed by atoms with Gasteiger partial charge in [0.1, 0.15) is 6.61 Å². The van der Waals surface area contributed by atoms with Crippen LogP contribution in [0, 0.1) is 0 Å². The zero-order valence-electron chi connectivity index (χ0n) is 14.0. The van der Waals surface area contributed by atoms with E-state index in [1.165, 1.54) is 0 Å². The quantitative estimate of drug-likeness (QED) is 0.526. The van der Waals surface area contributed by atoms with Gasteiger partial charge in [0.15, 0.2) is 0 Å². The molecule has 0 amide bonds. The van der Waals surface area contributed by atoms with Gasteiger partial charge in [-0.3, -0.25) is 4.79 Å². The number of anilines is 1. The first kappa shape index (κ1) is 18.5. The topological polar surface area (TPSA) is 71.2 Å². The third kappa shape index (κ3) is 4.46. The number of hydrogen-bond acceptors (Lipinski definition) is 4. The van der Waals surface area contributed by atoms with Gasteiger partial charge in [-0.15, -0.1) is 0 Å². The number of carbonyl (C=O) groups is 1. The molecule has 8 heteroatoms. The van der Waals surface area contributed by atoms with Gasteiger partial charge in [0, 0.05) is 23.3 Å². The van der Waals surface area contributed by atoms with Gasteiger partial charge < -0.3 is 15.0 Å². The molecule has 1 aromatic heterocycles. The van der Waals surface area contributed by atoms with E-state index in [1.807, 2.05) is 36.4 Å². The molecule has 0 saturated carbocycles. The van der Waals surface area contributed by atoms with Gasteiger partial charge in [0.05, 0.1) is 0 Å². The molecule has 0 bridgehead atoms. The first-order chi connectivity index (χ1) is 12.8. The van der Waals surface area contributed by atoms with Crippen molar-refractivity contribution in [3.63, 3.8) is 0 Å². The van der Waals surface area contributed by atoms with Crippen LogP contribution >= 0.6 is 0 Å². The number of pyridine rings is 1. The number of hydrogen-bond donors (Lipinski definition) is 2. The summed E-state index contributed by atoms with van der Waals surface area (Å²) in [5.41, 5.74) is 1.82. The van der Waals surface area contributed by atoms with Gasteiger partial charge in [-0.1, -0.05) is 36.4 Å². The first-order valence-corrected chi connectivity index (χ1v) is 8.05. The monoisotopic (exact) mass is 376 g/mol. The van der Waals surface area contributed by atoms with E-state index in [0.29, 0.717) is 16.8 Å². The summed E-state index contributed by atoms with van der Waals surface area (Å²) in [6.45, 7) is -0.465. The highest BCUT2D eigenvalue weighted by Crippen LogP contribution is 2.22. The molecule has 2 N–H and O–H groups in total. The van der Waals surface area contributed by atoms with Gasteiger partial charge >= 0.3 is 12.1 Å². The van der Waals surface area contributed by atoms with Crippen LogP contribution in [0.5, 0.6) is 0 Å². The Morgan fingerprint density at radius 3 is 2.52 bits per heavy atom. The number of alkyl halides is 3. The molecule has 3 aromatic rings. The highest BCUT2D eigenvalue weighted by molar-refractivity contribution is 5.87. The largest absolute Gasteiger partial charge is 0.490 e. The zero-order chi connectivity index (χ0) is 19.4. The minimum atomic E-state index is -5.01. The highest BCUT2D eigenvalue weighted by atomic mass is 19.4. The van der Waals surface area contributed by atoms with Gasteiger partial charge in [-0.05, 0) is 29.1 Å². The summed E-state index contributed by atoms with van der Waals surface area (Å²) in [4.78, 5) is 25.8. The van der Waals surface area contributed by atoms with Gasteiger partial charge in [0.2, 0.25) is 0 Å². The Labute approximate surface area is 151 Å². The van der Waals surface area contributed by atoms with E-state index in [2.05, 4.69) is 15.0 Å². The van der Waals surface area contributed by atoms with Gasteiger partial charge in [0.25, 0.3) is 5.56 Å². The minimum Gasteiger partial charge on any atom is -0.457 e. The van der Waals surface area contributed by atoms with Crippen LogP contribution in [0.15, 0.2) is 59.4 Å². The molecule has 3 rings (SSSR count). The smallest absolute Gasteiger partial charge is 0.457 e. The Balaban J connectivity index is 1.72. The second kappa shape index (κ2) is 7.53. The van der Waals surface area contributed by atoms with Gasteiger partial charge in [-0.2, -0.15) is 13.2 Å². The fourth-order valence-electron chi connectivity index (χ4n) is 2.56. The van der Waals surface area contributed by atoms with Crippen LogP contribution in [0.4, 0.5) is 18.9 Å². The lowest BCUT2D eigenvalue weighted by Crippen LogP contribution is -2.27. The van der Waals surface area contributed by atoms with E-state index in [1.54, 1.807) is 18.2 Å². The lowest BCUT2D eigenvalue weighted by molar-refractivity contribution is -0.199. The number of nitrogens with one attached hydrogen (secondary N) is 2. The molecule has 27 heavy (non-hydrogen) atoms. The molecule has 0 fully saturated rings. The summed E-state index contributed by atoms with van der Waals surface area (Å²) < 4.78 is 40.2. The van der Waals surface area contributed by atoms with E-state index in [4.69, 9.17) is 0 Å². The number of benzene rings is 2. The van der Waals surface area contributed by atoms with Crippen LogP contribution < -0.4 is 10.9 Å². The molecule has 0 aliphatic heterocycles. The minimum absolute atomic E-state index is 0.0205.